The average Bonchev–Trinajstić information content (AvgIpc) is 3.05. The third-order valence-electron chi connectivity index (χ3n) is 9.02. The van der Waals surface area contributed by atoms with Gasteiger partial charge in [-0.25, -0.2) is 4.79 Å². The van der Waals surface area contributed by atoms with Crippen LogP contribution < -0.4 is 0 Å². The van der Waals surface area contributed by atoms with Crippen LogP contribution in [-0.2, 0) is 14.2 Å². The molecule has 0 bridgehead atoms. The lowest BCUT2D eigenvalue weighted by atomic mass is 9.56. The van der Waals surface area contributed by atoms with Crippen LogP contribution in [0.4, 0.5) is 4.79 Å². The number of nitrogens with zero attached hydrogens (tertiary/aromatic N) is 1. The highest BCUT2D eigenvalue weighted by molar-refractivity contribution is 5.69. The number of amides is 1. The Morgan fingerprint density at radius 1 is 1.00 bits per heavy atom. The first kappa shape index (κ1) is 24.3. The van der Waals surface area contributed by atoms with Gasteiger partial charge in [-0.05, 0) is 103 Å². The zero-order valence-corrected chi connectivity index (χ0v) is 21.3. The van der Waals surface area contributed by atoms with E-state index in [1.165, 1.54) is 44.9 Å². The Balaban J connectivity index is 1.49. The predicted octanol–water partition coefficient (Wildman–Crippen LogP) is 6.39. The summed E-state index contributed by atoms with van der Waals surface area (Å²) in [5, 5.41) is 0. The van der Waals surface area contributed by atoms with E-state index in [0.717, 1.165) is 31.1 Å². The van der Waals surface area contributed by atoms with Crippen LogP contribution in [0.15, 0.2) is 0 Å². The topological polar surface area (TPSA) is 48.0 Å². The number of hydrogen-bond donors (Lipinski definition) is 0. The largest absolute Gasteiger partial charge is 0.444 e. The molecule has 5 nitrogen and oxygen atoms in total. The van der Waals surface area contributed by atoms with E-state index in [4.69, 9.17) is 14.2 Å². The Hall–Kier alpha value is -0.810. The lowest BCUT2D eigenvalue weighted by molar-refractivity contribution is -0.132. The van der Waals surface area contributed by atoms with Crippen molar-refractivity contribution in [2.24, 2.45) is 29.6 Å². The first-order chi connectivity index (χ1) is 15.2. The third-order valence-corrected chi connectivity index (χ3v) is 9.02. The average molecular weight is 450 g/mol. The van der Waals surface area contributed by atoms with Crippen LogP contribution in [0, 0.1) is 29.6 Å². The van der Waals surface area contributed by atoms with Crippen molar-refractivity contribution in [1.29, 1.82) is 0 Å². The minimum absolute atomic E-state index is 0.0339. The summed E-state index contributed by atoms with van der Waals surface area (Å²) in [5.74, 6) is 3.46. The number of rotatable bonds is 4. The van der Waals surface area contributed by atoms with Crippen molar-refractivity contribution < 1.29 is 19.0 Å². The number of piperidine rings is 1. The lowest BCUT2D eigenvalue weighted by Gasteiger charge is -2.49. The highest BCUT2D eigenvalue weighted by Gasteiger charge is 2.54. The van der Waals surface area contributed by atoms with Gasteiger partial charge in [-0.3, -0.25) is 0 Å². The fourth-order valence-corrected chi connectivity index (χ4v) is 7.83. The normalized spacial score (nSPS) is 42.3. The Morgan fingerprint density at radius 3 is 2.47 bits per heavy atom. The maximum absolute atomic E-state index is 13.1. The highest BCUT2D eigenvalue weighted by atomic mass is 16.7. The number of methoxy groups -OCH3 is 1. The summed E-state index contributed by atoms with van der Waals surface area (Å²) in [6.45, 7) is 10.4. The Labute approximate surface area is 195 Å². The lowest BCUT2D eigenvalue weighted by Crippen LogP contribution is -2.51. The molecule has 2 aliphatic heterocycles. The summed E-state index contributed by atoms with van der Waals surface area (Å²) in [6, 6.07) is 0.559. The van der Waals surface area contributed by atoms with Crippen LogP contribution in [0.1, 0.15) is 98.8 Å². The second-order valence-corrected chi connectivity index (χ2v) is 12.2. The van der Waals surface area contributed by atoms with E-state index in [2.05, 4.69) is 18.7 Å². The molecule has 4 rings (SSSR count). The van der Waals surface area contributed by atoms with Crippen molar-refractivity contribution >= 4 is 6.09 Å². The molecule has 32 heavy (non-hydrogen) atoms. The highest BCUT2D eigenvalue weighted by Crippen LogP contribution is 2.56. The first-order valence-electron chi connectivity index (χ1n) is 13.4. The first-order valence-corrected chi connectivity index (χ1v) is 13.4. The van der Waals surface area contributed by atoms with Gasteiger partial charge in [0.05, 0.1) is 6.10 Å². The Kier molecular flexibility index (Phi) is 7.46. The minimum Gasteiger partial charge on any atom is -0.444 e. The van der Waals surface area contributed by atoms with E-state index in [0.29, 0.717) is 23.8 Å². The molecular weight excluding hydrogens is 402 g/mol. The molecule has 2 aliphatic carbocycles. The molecule has 0 radical (unpaired) electrons. The van der Waals surface area contributed by atoms with Gasteiger partial charge in [-0.15, -0.1) is 0 Å². The van der Waals surface area contributed by atoms with Crippen LogP contribution in [0.25, 0.3) is 0 Å². The summed E-state index contributed by atoms with van der Waals surface area (Å²) in [7, 11) is 1.81. The van der Waals surface area contributed by atoms with Crippen LogP contribution in [0.5, 0.6) is 0 Å². The van der Waals surface area contributed by atoms with Crippen LogP contribution in [0.2, 0.25) is 0 Å². The molecule has 2 saturated carbocycles. The van der Waals surface area contributed by atoms with Crippen LogP contribution >= 0.6 is 0 Å². The standard InChI is InChI=1S/C27H47NO4/c1-17-10-9-12-20(28(17)26(29)32-27(3,4)5)14-15-22-21-13-8-7-11-19(21)16-23-24(22)18(2)31-25(23)30-6/h17-25H,7-16H2,1-6H3/t17-,18-,19+,20+,21-,22-,23-,24+,25-/m0/s1. The smallest absolute Gasteiger partial charge is 0.410 e. The number of hydrogen-bond acceptors (Lipinski definition) is 4. The number of carbonyl (C=O) groups is 1. The molecule has 4 fully saturated rings. The van der Waals surface area contributed by atoms with Crippen molar-refractivity contribution in [2.45, 2.75) is 129 Å². The fraction of sp³-hybridized carbons (Fsp3) is 0.963. The molecule has 5 heteroatoms. The number of ether oxygens (including phenoxy) is 3. The third kappa shape index (κ3) is 4.99. The molecule has 0 aromatic rings. The minimum atomic E-state index is -0.448. The second kappa shape index (κ2) is 9.82. The van der Waals surface area contributed by atoms with Gasteiger partial charge in [0, 0.05) is 25.1 Å². The van der Waals surface area contributed by atoms with Crippen molar-refractivity contribution in [1.82, 2.24) is 4.90 Å². The molecule has 0 unspecified atom stereocenters. The van der Waals surface area contributed by atoms with Gasteiger partial charge in [0.15, 0.2) is 6.29 Å². The number of fused-ring (bicyclic) bond motifs is 2. The van der Waals surface area contributed by atoms with Crippen LogP contribution in [-0.4, -0.2) is 48.2 Å². The van der Waals surface area contributed by atoms with Crippen molar-refractivity contribution in [2.75, 3.05) is 7.11 Å². The fourth-order valence-electron chi connectivity index (χ4n) is 7.83. The molecule has 2 saturated heterocycles. The summed E-state index contributed by atoms with van der Waals surface area (Å²) in [6.07, 6.45) is 12.6. The second-order valence-electron chi connectivity index (χ2n) is 12.2. The summed E-state index contributed by atoms with van der Waals surface area (Å²) >= 11 is 0. The molecule has 9 atom stereocenters. The SMILES string of the molecule is CO[C@H]1O[C@@H](C)[C@H]2[C@@H]1C[C@H]1CCCC[C@@H]1[C@@H]2CC[C@H]1CCC[C@H](C)N1C(=O)OC(C)(C)C. The number of likely N-dealkylation sites (tertiary alicyclic amines) is 1. The van der Waals surface area contributed by atoms with E-state index in [1.807, 2.05) is 27.9 Å². The summed E-state index contributed by atoms with van der Waals surface area (Å²) < 4.78 is 17.9. The maximum atomic E-state index is 13.1. The van der Waals surface area contributed by atoms with Gasteiger partial charge in [0.25, 0.3) is 0 Å². The van der Waals surface area contributed by atoms with E-state index >= 15 is 0 Å². The number of carbonyl (C=O) groups excluding carboxylic acids is 1. The molecule has 0 N–H and O–H groups in total. The summed E-state index contributed by atoms with van der Waals surface area (Å²) in [5.41, 5.74) is -0.448. The Morgan fingerprint density at radius 2 is 1.75 bits per heavy atom. The quantitative estimate of drug-likeness (QED) is 0.498. The molecule has 0 spiro atoms. The van der Waals surface area contributed by atoms with Gasteiger partial charge >= 0.3 is 6.09 Å². The maximum Gasteiger partial charge on any atom is 0.410 e. The monoisotopic (exact) mass is 449 g/mol. The zero-order valence-electron chi connectivity index (χ0n) is 21.3. The van der Waals surface area contributed by atoms with E-state index < -0.39 is 5.60 Å². The molecule has 4 aliphatic rings. The van der Waals surface area contributed by atoms with Gasteiger partial charge in [0.2, 0.25) is 0 Å². The van der Waals surface area contributed by atoms with Crippen molar-refractivity contribution in [3.05, 3.63) is 0 Å². The molecule has 0 aromatic carbocycles. The van der Waals surface area contributed by atoms with E-state index in [-0.39, 0.29) is 24.5 Å². The van der Waals surface area contributed by atoms with Gasteiger partial charge in [-0.2, -0.15) is 0 Å². The molecular formula is C27H47NO4. The van der Waals surface area contributed by atoms with Gasteiger partial charge in [-0.1, -0.05) is 19.3 Å². The summed E-state index contributed by atoms with van der Waals surface area (Å²) in [4.78, 5) is 15.2. The molecule has 0 aromatic heterocycles. The van der Waals surface area contributed by atoms with Crippen molar-refractivity contribution in [3.8, 4) is 0 Å². The zero-order chi connectivity index (χ0) is 23.0. The molecule has 184 valence electrons. The van der Waals surface area contributed by atoms with Gasteiger partial charge < -0.3 is 19.1 Å². The predicted molar refractivity (Wildman–Crippen MR) is 126 cm³/mol. The molecule has 1 amide bonds. The van der Waals surface area contributed by atoms with Gasteiger partial charge in [0.1, 0.15) is 5.60 Å². The van der Waals surface area contributed by atoms with Crippen molar-refractivity contribution in [3.63, 3.8) is 0 Å². The Bertz CT molecular complexity index is 646. The van der Waals surface area contributed by atoms with Crippen LogP contribution in [0.3, 0.4) is 0 Å². The van der Waals surface area contributed by atoms with E-state index in [1.54, 1.807) is 0 Å². The molecule has 2 heterocycles. The van der Waals surface area contributed by atoms with E-state index in [9.17, 15) is 4.79 Å².